The van der Waals surface area contributed by atoms with Crippen LogP contribution in [0, 0.1) is 0 Å². The van der Waals surface area contributed by atoms with Crippen molar-refractivity contribution in [3.05, 3.63) is 29.8 Å². The third kappa shape index (κ3) is 31.8. The van der Waals surface area contributed by atoms with Gasteiger partial charge in [0.15, 0.2) is 0 Å². The fraction of sp³-hybridized carbons (Fsp3) is 0.806. The van der Waals surface area contributed by atoms with Crippen molar-refractivity contribution in [2.45, 2.75) is 46.0 Å². The van der Waals surface area contributed by atoms with Crippen LogP contribution in [0.2, 0.25) is 0 Å². The minimum absolute atomic E-state index is 0.192. The quantitative estimate of drug-likeness (QED) is 0.0768. The molecule has 286 valence electrons. The van der Waals surface area contributed by atoms with E-state index in [2.05, 4.69) is 19.2 Å². The fourth-order valence-corrected chi connectivity index (χ4v) is 3.95. The third-order valence-electron chi connectivity index (χ3n) is 6.68. The topological polar surface area (TPSA) is 131 Å². The molecule has 13 heteroatoms. The minimum atomic E-state index is -0.359. The third-order valence-corrected chi connectivity index (χ3v) is 6.68. The Bertz CT molecular complexity index is 818. The zero-order chi connectivity index (χ0) is 35.1. The van der Waals surface area contributed by atoms with Crippen LogP contribution in [-0.2, 0) is 52.1 Å². The smallest absolute Gasteiger partial charge is 0.338 e. The number of carbonyl (C=O) groups is 1. The highest BCUT2D eigenvalue weighted by molar-refractivity contribution is 5.89. The summed E-state index contributed by atoms with van der Waals surface area (Å²) in [4.78, 5) is 12.1. The molecular formula is C36H65NO12. The van der Waals surface area contributed by atoms with Gasteiger partial charge in [-0.25, -0.2) is 4.79 Å². The summed E-state index contributed by atoms with van der Waals surface area (Å²) in [5.74, 6) is -0.359. The number of esters is 1. The van der Waals surface area contributed by atoms with Crippen molar-refractivity contribution in [2.24, 2.45) is 0 Å². The number of nitrogens with one attached hydrogen (secondary N) is 1. The zero-order valence-corrected chi connectivity index (χ0v) is 30.3. The van der Waals surface area contributed by atoms with E-state index in [1.54, 1.807) is 12.1 Å². The second-order valence-electron chi connectivity index (χ2n) is 10.8. The average molecular weight is 704 g/mol. The Hall–Kier alpha value is -1.91. The summed E-state index contributed by atoms with van der Waals surface area (Å²) in [5, 5.41) is 3.32. The number of hydrogen-bond acceptors (Lipinski definition) is 13. The van der Waals surface area contributed by atoms with Crippen LogP contribution < -0.4 is 5.32 Å². The van der Waals surface area contributed by atoms with E-state index in [1.807, 2.05) is 12.1 Å². The second kappa shape index (κ2) is 37.3. The monoisotopic (exact) mass is 703 g/mol. The Balaban J connectivity index is 1.69. The van der Waals surface area contributed by atoms with Crippen LogP contribution in [0.25, 0.3) is 0 Å². The Morgan fingerprint density at radius 2 is 0.755 bits per heavy atom. The highest BCUT2D eigenvalue weighted by Gasteiger charge is 2.07. The molecule has 0 fully saturated rings. The number of carbonyl (C=O) groups excluding carboxylic acids is 1. The van der Waals surface area contributed by atoms with Crippen molar-refractivity contribution in [1.82, 2.24) is 0 Å². The first-order valence-corrected chi connectivity index (χ1v) is 18.1. The van der Waals surface area contributed by atoms with E-state index in [1.165, 1.54) is 12.8 Å². The number of ether oxygens (including phenoxy) is 11. The predicted molar refractivity (Wildman–Crippen MR) is 188 cm³/mol. The molecule has 49 heavy (non-hydrogen) atoms. The first kappa shape index (κ1) is 45.1. The molecule has 0 saturated carbocycles. The van der Waals surface area contributed by atoms with Gasteiger partial charge in [0.2, 0.25) is 0 Å². The summed E-state index contributed by atoms with van der Waals surface area (Å²) in [6, 6.07) is 7.30. The van der Waals surface area contributed by atoms with Gasteiger partial charge in [0.25, 0.3) is 0 Å². The van der Waals surface area contributed by atoms with E-state index >= 15 is 0 Å². The molecule has 0 aliphatic carbocycles. The highest BCUT2D eigenvalue weighted by atomic mass is 16.6. The molecule has 13 nitrogen and oxygen atoms in total. The first-order chi connectivity index (χ1) is 24.3. The van der Waals surface area contributed by atoms with E-state index in [4.69, 9.17) is 52.1 Å². The molecule has 0 heterocycles. The lowest BCUT2D eigenvalue weighted by atomic mass is 10.2. The molecule has 0 spiro atoms. The van der Waals surface area contributed by atoms with E-state index in [0.29, 0.717) is 131 Å². The predicted octanol–water partition coefficient (Wildman–Crippen LogP) is 4.41. The van der Waals surface area contributed by atoms with E-state index < -0.39 is 0 Å². The summed E-state index contributed by atoms with van der Waals surface area (Å²) in [6.07, 6.45) is 5.78. The molecule has 1 rings (SSSR count). The number of unbranched alkanes of at least 4 members (excludes halogenated alkanes) is 3. The molecule has 0 unspecified atom stereocenters. The van der Waals surface area contributed by atoms with Crippen molar-refractivity contribution < 1.29 is 56.9 Å². The summed E-state index contributed by atoms with van der Waals surface area (Å²) in [5.41, 5.74) is 1.52. The SMILES string of the molecule is CCCCCOCCOCCOCCOCCOCCOCCOCCOCCOCCOCCOC(=O)c1ccc(NCCCC)cc1. The Morgan fingerprint density at radius 1 is 0.429 bits per heavy atom. The van der Waals surface area contributed by atoms with Crippen molar-refractivity contribution >= 4 is 11.7 Å². The number of hydrogen-bond donors (Lipinski definition) is 1. The first-order valence-electron chi connectivity index (χ1n) is 18.1. The van der Waals surface area contributed by atoms with Crippen LogP contribution in [0.3, 0.4) is 0 Å². The molecule has 0 aliphatic rings. The summed E-state index contributed by atoms with van der Waals surface area (Å²) in [7, 11) is 0. The second-order valence-corrected chi connectivity index (χ2v) is 10.8. The Kier molecular flexibility index (Phi) is 34.4. The van der Waals surface area contributed by atoms with E-state index in [0.717, 1.165) is 38.1 Å². The lowest BCUT2D eigenvalue weighted by Crippen LogP contribution is -2.15. The van der Waals surface area contributed by atoms with Gasteiger partial charge in [0.1, 0.15) is 6.61 Å². The van der Waals surface area contributed by atoms with Crippen LogP contribution >= 0.6 is 0 Å². The van der Waals surface area contributed by atoms with Crippen molar-refractivity contribution in [1.29, 1.82) is 0 Å². The van der Waals surface area contributed by atoms with Gasteiger partial charge < -0.3 is 57.4 Å². The molecule has 0 bridgehead atoms. The van der Waals surface area contributed by atoms with Gasteiger partial charge in [0, 0.05) is 18.8 Å². The number of benzene rings is 1. The molecule has 0 aromatic heterocycles. The summed E-state index contributed by atoms with van der Waals surface area (Å²) >= 11 is 0. The molecule has 0 radical (unpaired) electrons. The normalized spacial score (nSPS) is 11.3. The standard InChI is InChI=1S/C36H65NO12/c1-3-5-7-13-39-14-15-40-16-17-41-18-19-42-20-21-43-22-23-44-24-25-45-26-27-46-28-29-47-30-31-48-32-33-49-36(38)34-8-10-35(11-9-34)37-12-6-4-2/h8-11,37H,3-7,12-33H2,1-2H3. The molecule has 1 aromatic rings. The largest absolute Gasteiger partial charge is 0.460 e. The van der Waals surface area contributed by atoms with Crippen molar-refractivity contribution in [3.63, 3.8) is 0 Å². The lowest BCUT2D eigenvalue weighted by molar-refractivity contribution is -0.0271. The van der Waals surface area contributed by atoms with Gasteiger partial charge in [-0.15, -0.1) is 0 Å². The van der Waals surface area contributed by atoms with E-state index in [9.17, 15) is 4.79 Å². The van der Waals surface area contributed by atoms with Crippen molar-refractivity contribution in [2.75, 3.05) is 151 Å². The maximum absolute atomic E-state index is 12.1. The molecule has 0 aliphatic heterocycles. The van der Waals surface area contributed by atoms with Gasteiger partial charge in [-0.3, -0.25) is 0 Å². The van der Waals surface area contributed by atoms with Crippen LogP contribution in [0.1, 0.15) is 56.3 Å². The summed E-state index contributed by atoms with van der Waals surface area (Å²) < 4.78 is 60.0. The maximum Gasteiger partial charge on any atom is 0.338 e. The van der Waals surface area contributed by atoms with Crippen LogP contribution in [0.15, 0.2) is 24.3 Å². The van der Waals surface area contributed by atoms with Gasteiger partial charge >= 0.3 is 5.97 Å². The van der Waals surface area contributed by atoms with Gasteiger partial charge in [-0.2, -0.15) is 0 Å². The van der Waals surface area contributed by atoms with E-state index in [-0.39, 0.29) is 12.6 Å². The number of rotatable bonds is 39. The minimum Gasteiger partial charge on any atom is -0.460 e. The molecular weight excluding hydrogens is 638 g/mol. The Labute approximate surface area is 294 Å². The fourth-order valence-electron chi connectivity index (χ4n) is 3.95. The molecule has 0 amide bonds. The van der Waals surface area contributed by atoms with Crippen LogP contribution in [-0.4, -0.2) is 151 Å². The Morgan fingerprint density at radius 3 is 1.10 bits per heavy atom. The van der Waals surface area contributed by atoms with Crippen LogP contribution in [0.5, 0.6) is 0 Å². The molecule has 1 aromatic carbocycles. The molecule has 0 atom stereocenters. The van der Waals surface area contributed by atoms with Gasteiger partial charge in [-0.05, 0) is 37.1 Å². The lowest BCUT2D eigenvalue weighted by Gasteiger charge is -2.09. The highest BCUT2D eigenvalue weighted by Crippen LogP contribution is 2.11. The van der Waals surface area contributed by atoms with Crippen LogP contribution in [0.4, 0.5) is 5.69 Å². The van der Waals surface area contributed by atoms with Crippen molar-refractivity contribution in [3.8, 4) is 0 Å². The average Bonchev–Trinajstić information content (AvgIpc) is 3.12. The van der Waals surface area contributed by atoms with Gasteiger partial charge in [0.05, 0.1) is 131 Å². The van der Waals surface area contributed by atoms with Gasteiger partial charge in [-0.1, -0.05) is 33.1 Å². The molecule has 0 saturated heterocycles. The zero-order valence-electron chi connectivity index (χ0n) is 30.3. The molecule has 1 N–H and O–H groups in total. The number of anilines is 1. The summed E-state index contributed by atoms with van der Waals surface area (Å²) in [6.45, 7) is 15.8. The maximum atomic E-state index is 12.1.